The number of nitrogens with zero attached hydrogens (tertiary/aromatic N) is 1. The maximum Gasteiger partial charge on any atom is 0.153 e. The van der Waals surface area contributed by atoms with Gasteiger partial charge in [-0.1, -0.05) is 54.6 Å². The number of rotatable bonds is 4. The first kappa shape index (κ1) is 14.2. The molecule has 0 saturated carbocycles. The second-order valence-electron chi connectivity index (χ2n) is 4.95. The third-order valence-corrected chi connectivity index (χ3v) is 3.36. The molecule has 2 heteroatoms. The van der Waals surface area contributed by atoms with Gasteiger partial charge < -0.3 is 0 Å². The van der Waals surface area contributed by atoms with Crippen LogP contribution >= 0.6 is 0 Å². The Kier molecular flexibility index (Phi) is 4.46. The first-order valence-electron chi connectivity index (χ1n) is 6.79. The second-order valence-corrected chi connectivity index (χ2v) is 4.95. The molecule has 2 rings (SSSR count). The Morgan fingerprint density at radius 3 is 2.20 bits per heavy atom. The molecule has 0 saturated heterocycles. The molecule has 0 radical (unpaired) electrons. The van der Waals surface area contributed by atoms with Crippen molar-refractivity contribution in [2.75, 3.05) is 0 Å². The molecular formula is C18H19NO. The quantitative estimate of drug-likeness (QED) is 0.773. The smallest absolute Gasteiger partial charge is 0.153 e. The molecule has 2 aromatic carbocycles. The minimum atomic E-state index is -0.329. The summed E-state index contributed by atoms with van der Waals surface area (Å²) >= 11 is 0. The summed E-state index contributed by atoms with van der Waals surface area (Å²) in [5.41, 5.74) is 4.15. The summed E-state index contributed by atoms with van der Waals surface area (Å²) in [5, 5.41) is 0. The van der Waals surface area contributed by atoms with Crippen molar-refractivity contribution in [3.8, 4) is 0 Å². The average molecular weight is 265 g/mol. The Morgan fingerprint density at radius 2 is 1.60 bits per heavy atom. The van der Waals surface area contributed by atoms with Gasteiger partial charge >= 0.3 is 0 Å². The number of carbonyl (C=O) groups excluding carboxylic acids is 1. The molecule has 0 fully saturated rings. The van der Waals surface area contributed by atoms with Crippen molar-refractivity contribution in [3.05, 3.63) is 71.3 Å². The van der Waals surface area contributed by atoms with Crippen LogP contribution in [0.25, 0.3) is 0 Å². The normalized spacial score (nSPS) is 13.1. The van der Waals surface area contributed by atoms with Crippen LogP contribution in [0.15, 0.2) is 59.6 Å². The van der Waals surface area contributed by atoms with Gasteiger partial charge in [-0.3, -0.25) is 9.79 Å². The van der Waals surface area contributed by atoms with Crippen LogP contribution in [0.1, 0.15) is 30.5 Å². The SMILES string of the molecule is CC(=O)C(C)N=C(c1ccccc1)c1ccccc1C. The van der Waals surface area contributed by atoms with Crippen LogP contribution in [0.3, 0.4) is 0 Å². The van der Waals surface area contributed by atoms with Crippen LogP contribution in [0, 0.1) is 6.92 Å². The van der Waals surface area contributed by atoms with E-state index in [1.165, 1.54) is 0 Å². The molecule has 0 amide bonds. The molecule has 0 aliphatic carbocycles. The van der Waals surface area contributed by atoms with Crippen molar-refractivity contribution >= 4 is 11.5 Å². The molecule has 1 unspecified atom stereocenters. The van der Waals surface area contributed by atoms with E-state index in [1.54, 1.807) is 6.92 Å². The van der Waals surface area contributed by atoms with Crippen LogP contribution in [0.5, 0.6) is 0 Å². The summed E-state index contributed by atoms with van der Waals surface area (Å²) in [4.78, 5) is 16.2. The van der Waals surface area contributed by atoms with Gasteiger partial charge in [0.25, 0.3) is 0 Å². The van der Waals surface area contributed by atoms with Crippen molar-refractivity contribution < 1.29 is 4.79 Å². The number of aliphatic imine (C=N–C) groups is 1. The molecule has 0 N–H and O–H groups in total. The zero-order valence-corrected chi connectivity index (χ0v) is 12.1. The minimum Gasteiger partial charge on any atom is -0.298 e. The van der Waals surface area contributed by atoms with E-state index in [-0.39, 0.29) is 11.8 Å². The highest BCUT2D eigenvalue weighted by Gasteiger charge is 2.13. The van der Waals surface area contributed by atoms with Crippen molar-refractivity contribution in [3.63, 3.8) is 0 Å². The zero-order valence-electron chi connectivity index (χ0n) is 12.1. The molecule has 102 valence electrons. The van der Waals surface area contributed by atoms with E-state index in [0.29, 0.717) is 0 Å². The summed E-state index contributed by atoms with van der Waals surface area (Å²) in [6, 6.07) is 17.8. The number of Topliss-reactive ketones (excluding diaryl/α,β-unsaturated/α-hetero) is 1. The molecule has 0 heterocycles. The summed E-state index contributed by atoms with van der Waals surface area (Å²) in [7, 11) is 0. The van der Waals surface area contributed by atoms with Gasteiger partial charge in [-0.25, -0.2) is 0 Å². The molecule has 0 spiro atoms. The first-order valence-corrected chi connectivity index (χ1v) is 6.79. The van der Waals surface area contributed by atoms with Gasteiger partial charge in [0.05, 0.1) is 5.71 Å². The minimum absolute atomic E-state index is 0.0759. The van der Waals surface area contributed by atoms with Gasteiger partial charge in [-0.2, -0.15) is 0 Å². The number of hydrogen-bond acceptors (Lipinski definition) is 2. The van der Waals surface area contributed by atoms with Gasteiger partial charge in [0, 0.05) is 11.1 Å². The van der Waals surface area contributed by atoms with E-state index in [1.807, 2.05) is 55.5 Å². The number of hydrogen-bond donors (Lipinski definition) is 0. The third kappa shape index (κ3) is 3.21. The molecule has 0 aromatic heterocycles. The van der Waals surface area contributed by atoms with Crippen molar-refractivity contribution in [1.82, 2.24) is 0 Å². The van der Waals surface area contributed by atoms with Gasteiger partial charge in [-0.05, 0) is 26.3 Å². The van der Waals surface area contributed by atoms with Crippen molar-refractivity contribution in [1.29, 1.82) is 0 Å². The lowest BCUT2D eigenvalue weighted by Gasteiger charge is -2.12. The fourth-order valence-corrected chi connectivity index (χ4v) is 2.02. The second kappa shape index (κ2) is 6.29. The maximum atomic E-state index is 11.5. The lowest BCUT2D eigenvalue weighted by Crippen LogP contribution is -2.15. The van der Waals surface area contributed by atoms with Crippen molar-refractivity contribution in [2.45, 2.75) is 26.8 Å². The van der Waals surface area contributed by atoms with E-state index < -0.39 is 0 Å². The highest BCUT2D eigenvalue weighted by atomic mass is 16.1. The van der Waals surface area contributed by atoms with Crippen LogP contribution in [0.4, 0.5) is 0 Å². The van der Waals surface area contributed by atoms with Gasteiger partial charge in [0.15, 0.2) is 5.78 Å². The Bertz CT molecular complexity index is 629. The van der Waals surface area contributed by atoms with Crippen LogP contribution in [0.2, 0.25) is 0 Å². The topological polar surface area (TPSA) is 29.4 Å². The van der Waals surface area contributed by atoms with Crippen LogP contribution in [-0.2, 0) is 4.79 Å². The average Bonchev–Trinajstić information content (AvgIpc) is 2.46. The van der Waals surface area contributed by atoms with Gasteiger partial charge in [-0.15, -0.1) is 0 Å². The monoisotopic (exact) mass is 265 g/mol. The fraction of sp³-hybridized carbons (Fsp3) is 0.222. The van der Waals surface area contributed by atoms with E-state index in [2.05, 4.69) is 18.0 Å². The molecule has 1 atom stereocenters. The zero-order chi connectivity index (χ0) is 14.5. The lowest BCUT2D eigenvalue weighted by atomic mass is 9.98. The largest absolute Gasteiger partial charge is 0.298 e. The summed E-state index contributed by atoms with van der Waals surface area (Å²) in [6.45, 7) is 5.48. The molecule has 0 aliphatic heterocycles. The fourth-order valence-electron chi connectivity index (χ4n) is 2.02. The standard InChI is InChI=1S/C18H19NO/c1-13-9-7-8-12-17(13)18(19-14(2)15(3)20)16-10-5-4-6-11-16/h4-12,14H,1-3H3. The Hall–Kier alpha value is -2.22. The summed E-state index contributed by atoms with van der Waals surface area (Å²) in [5.74, 6) is 0.0759. The van der Waals surface area contributed by atoms with Gasteiger partial charge in [0.1, 0.15) is 6.04 Å². The number of aryl methyl sites for hydroxylation is 1. The van der Waals surface area contributed by atoms with Crippen molar-refractivity contribution in [2.24, 2.45) is 4.99 Å². The van der Waals surface area contributed by atoms with E-state index in [4.69, 9.17) is 0 Å². The van der Waals surface area contributed by atoms with E-state index >= 15 is 0 Å². The maximum absolute atomic E-state index is 11.5. The molecule has 20 heavy (non-hydrogen) atoms. The highest BCUT2D eigenvalue weighted by Crippen LogP contribution is 2.16. The van der Waals surface area contributed by atoms with E-state index in [0.717, 1.165) is 22.4 Å². The highest BCUT2D eigenvalue weighted by molar-refractivity contribution is 6.14. The van der Waals surface area contributed by atoms with Crippen LogP contribution < -0.4 is 0 Å². The van der Waals surface area contributed by atoms with Gasteiger partial charge in [0.2, 0.25) is 0 Å². The molecule has 2 aromatic rings. The first-order chi connectivity index (χ1) is 9.59. The molecule has 0 aliphatic rings. The predicted octanol–water partition coefficient (Wildman–Crippen LogP) is 3.81. The third-order valence-electron chi connectivity index (χ3n) is 3.36. The lowest BCUT2D eigenvalue weighted by molar-refractivity contribution is -0.117. The van der Waals surface area contributed by atoms with E-state index in [9.17, 15) is 4.79 Å². The Morgan fingerprint density at radius 1 is 1.00 bits per heavy atom. The molecule has 2 nitrogen and oxygen atoms in total. The Labute approximate surface area is 120 Å². The number of carbonyl (C=O) groups is 1. The molecular weight excluding hydrogens is 246 g/mol. The molecule has 0 bridgehead atoms. The number of benzene rings is 2. The predicted molar refractivity (Wildman–Crippen MR) is 83.4 cm³/mol. The van der Waals surface area contributed by atoms with Crippen LogP contribution in [-0.4, -0.2) is 17.5 Å². The Balaban J connectivity index is 2.57. The summed E-state index contributed by atoms with van der Waals surface area (Å²) < 4.78 is 0. The summed E-state index contributed by atoms with van der Waals surface area (Å²) in [6.07, 6.45) is 0. The number of ketones is 1.